The van der Waals surface area contributed by atoms with E-state index in [1.807, 2.05) is 12.2 Å². The van der Waals surface area contributed by atoms with E-state index in [9.17, 15) is 9.59 Å². The van der Waals surface area contributed by atoms with Gasteiger partial charge in [-0.2, -0.15) is 0 Å². The molecule has 1 amide bonds. The third kappa shape index (κ3) is 2.97. The maximum Gasteiger partial charge on any atom is 0.312 e. The Bertz CT molecular complexity index is 520. The second kappa shape index (κ2) is 7.23. The lowest BCUT2D eigenvalue weighted by atomic mass is 9.77. The van der Waals surface area contributed by atoms with Gasteiger partial charge in [0.25, 0.3) is 0 Å². The molecule has 134 valence electrons. The quantitative estimate of drug-likeness (QED) is 0.363. The van der Waals surface area contributed by atoms with Gasteiger partial charge in [-0.25, -0.2) is 0 Å². The molecule has 3 rings (SSSR count). The zero-order chi connectivity index (χ0) is 17.2. The van der Waals surface area contributed by atoms with Gasteiger partial charge in [-0.05, 0) is 12.8 Å². The van der Waals surface area contributed by atoms with Crippen LogP contribution in [0.4, 0.5) is 0 Å². The number of rotatable bonds is 9. The molecule has 24 heavy (non-hydrogen) atoms. The van der Waals surface area contributed by atoms with E-state index in [-0.39, 0.29) is 18.0 Å². The lowest BCUT2D eigenvalue weighted by Crippen LogP contribution is -2.40. The maximum absolute atomic E-state index is 12.8. The molecule has 0 aromatic heterocycles. The number of amides is 1. The van der Waals surface area contributed by atoms with Crippen molar-refractivity contribution >= 4 is 11.9 Å². The van der Waals surface area contributed by atoms with E-state index in [0.717, 1.165) is 25.7 Å². The molecule has 1 unspecified atom stereocenters. The zero-order valence-corrected chi connectivity index (χ0v) is 14.5. The summed E-state index contributed by atoms with van der Waals surface area (Å²) in [5.41, 5.74) is -0.637. The number of likely N-dealkylation sites (tertiary alicyclic amines) is 1. The summed E-state index contributed by atoms with van der Waals surface area (Å²) in [5.74, 6) is -1.22. The van der Waals surface area contributed by atoms with Crippen LogP contribution in [-0.4, -0.2) is 61.9 Å². The van der Waals surface area contributed by atoms with E-state index in [1.165, 1.54) is 0 Å². The standard InChI is InChI=1S/C18H27NO5/c1-3-4-5-11-23-17(21)14-13-7-8-18(24-13)12-19(9-6-10-22-2)16(20)15(14)18/h7-8,13-15H,3-6,9-12H2,1-2H3/t13-,14?,15+,18-/m1/s1. The summed E-state index contributed by atoms with van der Waals surface area (Å²) in [4.78, 5) is 27.1. The molecule has 0 saturated carbocycles. The Kier molecular flexibility index (Phi) is 5.25. The molecule has 0 radical (unpaired) electrons. The molecule has 0 aromatic rings. The molecule has 4 atom stereocenters. The van der Waals surface area contributed by atoms with Gasteiger partial charge in [0, 0.05) is 20.3 Å². The van der Waals surface area contributed by atoms with E-state index in [1.54, 1.807) is 12.0 Å². The van der Waals surface area contributed by atoms with Crippen LogP contribution in [0.5, 0.6) is 0 Å². The molecular weight excluding hydrogens is 310 g/mol. The molecule has 6 nitrogen and oxygen atoms in total. The van der Waals surface area contributed by atoms with Crippen molar-refractivity contribution in [3.63, 3.8) is 0 Å². The Balaban J connectivity index is 1.64. The SMILES string of the molecule is CCCCCOC(=O)C1[C@H]2C(=O)N(CCCOC)C[C@]23C=C[C@H]1O3. The predicted molar refractivity (Wildman–Crippen MR) is 87.3 cm³/mol. The highest BCUT2D eigenvalue weighted by Crippen LogP contribution is 2.52. The Morgan fingerprint density at radius 3 is 2.96 bits per heavy atom. The third-order valence-electron chi connectivity index (χ3n) is 5.22. The molecule has 0 aromatic carbocycles. The van der Waals surface area contributed by atoms with E-state index < -0.39 is 17.4 Å². The highest BCUT2D eigenvalue weighted by Gasteiger charge is 2.67. The van der Waals surface area contributed by atoms with Crippen LogP contribution in [0.3, 0.4) is 0 Å². The number of hydrogen-bond donors (Lipinski definition) is 0. The number of carbonyl (C=O) groups excluding carboxylic acids is 2. The first-order valence-electron chi connectivity index (χ1n) is 8.94. The topological polar surface area (TPSA) is 65.1 Å². The molecule has 0 aliphatic carbocycles. The van der Waals surface area contributed by atoms with E-state index >= 15 is 0 Å². The van der Waals surface area contributed by atoms with Gasteiger partial charge in [-0.3, -0.25) is 9.59 Å². The van der Waals surface area contributed by atoms with Gasteiger partial charge in [-0.1, -0.05) is 31.9 Å². The molecule has 2 saturated heterocycles. The van der Waals surface area contributed by atoms with Crippen molar-refractivity contribution in [3.8, 4) is 0 Å². The Morgan fingerprint density at radius 1 is 1.38 bits per heavy atom. The largest absolute Gasteiger partial charge is 0.465 e. The van der Waals surface area contributed by atoms with Crippen LogP contribution < -0.4 is 0 Å². The minimum absolute atomic E-state index is 0.00783. The summed E-state index contributed by atoms with van der Waals surface area (Å²) < 4.78 is 16.5. The maximum atomic E-state index is 12.8. The van der Waals surface area contributed by atoms with Crippen LogP contribution in [0.15, 0.2) is 12.2 Å². The van der Waals surface area contributed by atoms with Gasteiger partial charge in [-0.15, -0.1) is 0 Å². The highest BCUT2D eigenvalue weighted by molar-refractivity contribution is 5.91. The van der Waals surface area contributed by atoms with E-state index in [2.05, 4.69) is 6.92 Å². The Morgan fingerprint density at radius 2 is 2.21 bits per heavy atom. The Labute approximate surface area is 143 Å². The lowest BCUT2D eigenvalue weighted by Gasteiger charge is -2.22. The first-order chi connectivity index (χ1) is 11.6. The van der Waals surface area contributed by atoms with Crippen LogP contribution in [0.25, 0.3) is 0 Å². The summed E-state index contributed by atoms with van der Waals surface area (Å²) in [6, 6.07) is 0. The van der Waals surface area contributed by atoms with Gasteiger partial charge < -0.3 is 19.1 Å². The van der Waals surface area contributed by atoms with Crippen LogP contribution in [0, 0.1) is 11.8 Å². The van der Waals surface area contributed by atoms with Crippen molar-refractivity contribution in [1.82, 2.24) is 4.90 Å². The number of fused-ring (bicyclic) bond motifs is 1. The first kappa shape index (κ1) is 17.4. The van der Waals surface area contributed by atoms with Crippen LogP contribution in [-0.2, 0) is 23.8 Å². The second-order valence-electron chi connectivity index (χ2n) is 6.88. The number of ether oxygens (including phenoxy) is 3. The molecule has 3 aliphatic rings. The fourth-order valence-corrected chi connectivity index (χ4v) is 4.06. The summed E-state index contributed by atoms with van der Waals surface area (Å²) >= 11 is 0. The summed E-state index contributed by atoms with van der Waals surface area (Å²) in [6.07, 6.45) is 7.33. The van der Waals surface area contributed by atoms with Crippen molar-refractivity contribution in [1.29, 1.82) is 0 Å². The second-order valence-corrected chi connectivity index (χ2v) is 6.88. The van der Waals surface area contributed by atoms with Gasteiger partial charge in [0.05, 0.1) is 25.2 Å². The minimum Gasteiger partial charge on any atom is -0.465 e. The van der Waals surface area contributed by atoms with Crippen molar-refractivity contribution in [2.24, 2.45) is 11.8 Å². The minimum atomic E-state index is -0.637. The average molecular weight is 337 g/mol. The number of carbonyl (C=O) groups is 2. The molecule has 1 spiro atoms. The first-order valence-corrected chi connectivity index (χ1v) is 8.94. The van der Waals surface area contributed by atoms with Gasteiger partial charge in [0.1, 0.15) is 11.5 Å². The van der Waals surface area contributed by atoms with Crippen molar-refractivity contribution in [3.05, 3.63) is 12.2 Å². The van der Waals surface area contributed by atoms with Gasteiger partial charge in [0.15, 0.2) is 0 Å². The molecule has 3 aliphatic heterocycles. The molecule has 3 heterocycles. The molecular formula is C18H27NO5. The fourth-order valence-electron chi connectivity index (χ4n) is 4.06. The van der Waals surface area contributed by atoms with Gasteiger partial charge >= 0.3 is 5.97 Å². The number of hydrogen-bond acceptors (Lipinski definition) is 5. The summed E-state index contributed by atoms with van der Waals surface area (Å²) in [7, 11) is 1.65. The van der Waals surface area contributed by atoms with E-state index in [4.69, 9.17) is 14.2 Å². The number of esters is 1. The summed E-state index contributed by atoms with van der Waals surface area (Å²) in [5, 5.41) is 0. The van der Waals surface area contributed by atoms with Crippen molar-refractivity contribution in [2.45, 2.75) is 44.3 Å². The summed E-state index contributed by atoms with van der Waals surface area (Å²) in [6.45, 7) is 4.29. The van der Waals surface area contributed by atoms with Crippen LogP contribution in [0.1, 0.15) is 32.6 Å². The monoisotopic (exact) mass is 337 g/mol. The van der Waals surface area contributed by atoms with Crippen molar-refractivity contribution < 1.29 is 23.8 Å². The fraction of sp³-hybridized carbons (Fsp3) is 0.778. The third-order valence-corrected chi connectivity index (χ3v) is 5.22. The average Bonchev–Trinajstić information content (AvgIpc) is 3.20. The zero-order valence-electron chi connectivity index (χ0n) is 14.5. The van der Waals surface area contributed by atoms with Crippen LogP contribution >= 0.6 is 0 Å². The Hall–Kier alpha value is -1.40. The number of methoxy groups -OCH3 is 1. The van der Waals surface area contributed by atoms with Gasteiger partial charge in [0.2, 0.25) is 5.91 Å². The predicted octanol–water partition coefficient (Wildman–Crippen LogP) is 1.54. The number of unbranched alkanes of at least 4 members (excludes halogenated alkanes) is 2. The molecule has 6 heteroatoms. The molecule has 0 N–H and O–H groups in total. The normalized spacial score (nSPS) is 33.3. The smallest absolute Gasteiger partial charge is 0.312 e. The molecule has 2 bridgehead atoms. The lowest BCUT2D eigenvalue weighted by molar-refractivity contribution is -0.154. The van der Waals surface area contributed by atoms with Crippen LogP contribution in [0.2, 0.25) is 0 Å². The van der Waals surface area contributed by atoms with E-state index in [0.29, 0.717) is 26.3 Å². The van der Waals surface area contributed by atoms with Crippen molar-refractivity contribution in [2.75, 3.05) is 33.4 Å². The highest BCUT2D eigenvalue weighted by atomic mass is 16.6. The number of nitrogens with zero attached hydrogens (tertiary/aromatic N) is 1. The molecule has 2 fully saturated rings.